The van der Waals surface area contributed by atoms with Crippen molar-refractivity contribution in [1.29, 1.82) is 5.26 Å². The van der Waals surface area contributed by atoms with Gasteiger partial charge in [0.25, 0.3) is 0 Å². The Morgan fingerprint density at radius 1 is 1.26 bits per heavy atom. The van der Waals surface area contributed by atoms with Crippen LogP contribution in [0.1, 0.15) is 16.7 Å². The molecule has 1 aliphatic heterocycles. The molecule has 0 radical (unpaired) electrons. The van der Waals surface area contributed by atoms with Crippen molar-refractivity contribution in [2.75, 3.05) is 10.6 Å². The number of rotatable bonds is 3. The molecule has 0 fully saturated rings. The number of carbonyl (C=O) groups is 2. The lowest BCUT2D eigenvalue weighted by Gasteiger charge is -2.04. The molecule has 0 aromatic heterocycles. The third-order valence-electron chi connectivity index (χ3n) is 3.44. The molecule has 2 aromatic rings. The zero-order chi connectivity index (χ0) is 16.2. The van der Waals surface area contributed by atoms with Crippen molar-refractivity contribution >= 4 is 29.3 Å². The summed E-state index contributed by atoms with van der Waals surface area (Å²) in [5.74, 6) is -0.314. The van der Waals surface area contributed by atoms with Gasteiger partial charge in [-0.1, -0.05) is 12.1 Å². The first-order valence-corrected chi connectivity index (χ1v) is 7.06. The third kappa shape index (κ3) is 3.44. The van der Waals surface area contributed by atoms with E-state index < -0.39 is 0 Å². The predicted octanol–water partition coefficient (Wildman–Crippen LogP) is 2.70. The largest absolute Gasteiger partial charge is 0.326 e. The number of nitrogens with zero attached hydrogens (tertiary/aromatic N) is 1. The molecule has 0 aliphatic carbocycles. The van der Waals surface area contributed by atoms with Gasteiger partial charge in [-0.25, -0.2) is 0 Å². The van der Waals surface area contributed by atoms with Crippen LogP contribution in [0, 0.1) is 11.3 Å². The van der Waals surface area contributed by atoms with E-state index in [1.165, 1.54) is 6.08 Å². The summed E-state index contributed by atoms with van der Waals surface area (Å²) in [6.45, 7) is 0. The highest BCUT2D eigenvalue weighted by Crippen LogP contribution is 2.25. The Labute approximate surface area is 133 Å². The summed E-state index contributed by atoms with van der Waals surface area (Å²) in [6.07, 6.45) is 3.39. The van der Waals surface area contributed by atoms with Gasteiger partial charge in [0, 0.05) is 17.5 Å². The SMILES string of the molecule is N#Cc1cccc(/C=C/C(=O)Nc2ccc3c(c2)CC(=O)N3)c1. The Kier molecular flexibility index (Phi) is 3.89. The average Bonchev–Trinajstić information content (AvgIpc) is 2.92. The van der Waals surface area contributed by atoms with E-state index in [4.69, 9.17) is 5.26 Å². The summed E-state index contributed by atoms with van der Waals surface area (Å²) in [5, 5.41) is 14.3. The highest BCUT2D eigenvalue weighted by atomic mass is 16.2. The molecule has 0 atom stereocenters. The first-order valence-electron chi connectivity index (χ1n) is 7.06. The Bertz CT molecular complexity index is 863. The van der Waals surface area contributed by atoms with E-state index in [1.54, 1.807) is 42.5 Å². The molecule has 0 bridgehead atoms. The lowest BCUT2D eigenvalue weighted by Crippen LogP contribution is -2.07. The van der Waals surface area contributed by atoms with Crippen molar-refractivity contribution in [2.24, 2.45) is 0 Å². The van der Waals surface area contributed by atoms with E-state index in [9.17, 15) is 9.59 Å². The van der Waals surface area contributed by atoms with Gasteiger partial charge in [-0.15, -0.1) is 0 Å². The van der Waals surface area contributed by atoms with E-state index in [0.717, 1.165) is 16.8 Å². The molecular formula is C18H13N3O2. The minimum atomic E-state index is -0.274. The van der Waals surface area contributed by atoms with E-state index in [0.29, 0.717) is 17.7 Å². The van der Waals surface area contributed by atoms with Crippen LogP contribution in [0.4, 0.5) is 11.4 Å². The minimum Gasteiger partial charge on any atom is -0.326 e. The topological polar surface area (TPSA) is 82.0 Å². The summed E-state index contributed by atoms with van der Waals surface area (Å²) in [6, 6.07) is 14.3. The van der Waals surface area contributed by atoms with Gasteiger partial charge in [-0.3, -0.25) is 9.59 Å². The van der Waals surface area contributed by atoms with Crippen LogP contribution < -0.4 is 10.6 Å². The number of benzene rings is 2. The Hall–Kier alpha value is -3.39. The van der Waals surface area contributed by atoms with Gasteiger partial charge in [-0.2, -0.15) is 5.26 Å². The second-order valence-electron chi connectivity index (χ2n) is 5.16. The van der Waals surface area contributed by atoms with Crippen molar-refractivity contribution in [3.63, 3.8) is 0 Å². The zero-order valence-corrected chi connectivity index (χ0v) is 12.2. The normalized spacial score (nSPS) is 12.6. The molecule has 0 saturated carbocycles. The van der Waals surface area contributed by atoms with Crippen molar-refractivity contribution in [2.45, 2.75) is 6.42 Å². The van der Waals surface area contributed by atoms with Crippen molar-refractivity contribution < 1.29 is 9.59 Å². The smallest absolute Gasteiger partial charge is 0.248 e. The Morgan fingerprint density at radius 2 is 2.13 bits per heavy atom. The number of hydrogen-bond donors (Lipinski definition) is 2. The molecule has 1 heterocycles. The fourth-order valence-electron chi connectivity index (χ4n) is 2.37. The maximum atomic E-state index is 12.0. The van der Waals surface area contributed by atoms with Gasteiger partial charge in [0.2, 0.25) is 11.8 Å². The van der Waals surface area contributed by atoms with Crippen LogP contribution >= 0.6 is 0 Å². The number of fused-ring (bicyclic) bond motifs is 1. The first-order chi connectivity index (χ1) is 11.1. The van der Waals surface area contributed by atoms with Gasteiger partial charge >= 0.3 is 0 Å². The maximum absolute atomic E-state index is 12.0. The molecule has 0 unspecified atom stereocenters. The van der Waals surface area contributed by atoms with Crippen molar-refractivity contribution in [1.82, 2.24) is 0 Å². The fourth-order valence-corrected chi connectivity index (χ4v) is 2.37. The number of hydrogen-bond acceptors (Lipinski definition) is 3. The number of nitrogens with one attached hydrogen (secondary N) is 2. The number of carbonyl (C=O) groups excluding carboxylic acids is 2. The van der Waals surface area contributed by atoms with Crippen LogP contribution in [0.3, 0.4) is 0 Å². The summed E-state index contributed by atoms with van der Waals surface area (Å²) in [5.41, 5.74) is 3.63. The summed E-state index contributed by atoms with van der Waals surface area (Å²) >= 11 is 0. The molecule has 2 N–H and O–H groups in total. The summed E-state index contributed by atoms with van der Waals surface area (Å²) in [7, 11) is 0. The monoisotopic (exact) mass is 303 g/mol. The first kappa shape index (κ1) is 14.5. The molecule has 5 heteroatoms. The number of nitriles is 1. The lowest BCUT2D eigenvalue weighted by molar-refractivity contribution is -0.115. The number of amides is 2. The summed E-state index contributed by atoms with van der Waals surface area (Å²) < 4.78 is 0. The molecular weight excluding hydrogens is 290 g/mol. The van der Waals surface area contributed by atoms with Crippen LogP contribution in [-0.2, 0) is 16.0 Å². The quantitative estimate of drug-likeness (QED) is 0.855. The average molecular weight is 303 g/mol. The van der Waals surface area contributed by atoms with Crippen molar-refractivity contribution in [3.05, 3.63) is 65.2 Å². The molecule has 0 spiro atoms. The molecule has 3 rings (SSSR count). The van der Waals surface area contributed by atoms with Gasteiger partial charge in [-0.05, 0) is 47.5 Å². The van der Waals surface area contributed by atoms with Gasteiger partial charge in [0.05, 0.1) is 18.1 Å². The van der Waals surface area contributed by atoms with Crippen LogP contribution in [0.5, 0.6) is 0 Å². The second-order valence-corrected chi connectivity index (χ2v) is 5.16. The molecule has 23 heavy (non-hydrogen) atoms. The van der Waals surface area contributed by atoms with E-state index >= 15 is 0 Å². The van der Waals surface area contributed by atoms with Crippen molar-refractivity contribution in [3.8, 4) is 6.07 Å². The molecule has 0 saturated heterocycles. The number of anilines is 2. The van der Waals surface area contributed by atoms with Gasteiger partial charge in [0.15, 0.2) is 0 Å². The van der Waals surface area contributed by atoms with Crippen LogP contribution in [0.2, 0.25) is 0 Å². The highest BCUT2D eigenvalue weighted by Gasteiger charge is 2.17. The molecule has 5 nitrogen and oxygen atoms in total. The van der Waals surface area contributed by atoms with Crippen LogP contribution in [0.25, 0.3) is 6.08 Å². The maximum Gasteiger partial charge on any atom is 0.248 e. The molecule has 1 aliphatic rings. The highest BCUT2D eigenvalue weighted by molar-refractivity contribution is 6.03. The van der Waals surface area contributed by atoms with Crippen LogP contribution in [-0.4, -0.2) is 11.8 Å². The molecule has 2 amide bonds. The molecule has 2 aromatic carbocycles. The standard InChI is InChI=1S/C18H13N3O2/c19-11-13-3-1-2-12(8-13)4-7-17(22)20-15-5-6-16-14(9-15)10-18(23)21-16/h1-9H,10H2,(H,20,22)(H,21,23)/b7-4+. The lowest BCUT2D eigenvalue weighted by atomic mass is 10.1. The van der Waals surface area contributed by atoms with Gasteiger partial charge < -0.3 is 10.6 Å². The van der Waals surface area contributed by atoms with E-state index in [2.05, 4.69) is 16.7 Å². The second kappa shape index (κ2) is 6.16. The minimum absolute atomic E-state index is 0.0410. The van der Waals surface area contributed by atoms with Crippen LogP contribution in [0.15, 0.2) is 48.5 Å². The summed E-state index contributed by atoms with van der Waals surface area (Å²) in [4.78, 5) is 23.3. The zero-order valence-electron chi connectivity index (χ0n) is 12.2. The van der Waals surface area contributed by atoms with Gasteiger partial charge in [0.1, 0.15) is 0 Å². The predicted molar refractivity (Wildman–Crippen MR) is 87.6 cm³/mol. The third-order valence-corrected chi connectivity index (χ3v) is 3.44. The molecule has 112 valence electrons. The van der Waals surface area contributed by atoms with E-state index in [-0.39, 0.29) is 11.8 Å². The fraction of sp³-hybridized carbons (Fsp3) is 0.0556. The van der Waals surface area contributed by atoms with E-state index in [1.807, 2.05) is 6.07 Å². The Balaban J connectivity index is 1.68. The Morgan fingerprint density at radius 3 is 2.96 bits per heavy atom.